The van der Waals surface area contributed by atoms with Gasteiger partial charge in [-0.15, -0.1) is 0 Å². The molecule has 7 nitrogen and oxygen atoms in total. The molecule has 2 aromatic carbocycles. The van der Waals surface area contributed by atoms with E-state index in [1.165, 1.54) is 19.8 Å². The van der Waals surface area contributed by atoms with Crippen LogP contribution in [0.15, 0.2) is 30.3 Å². The second kappa shape index (κ2) is 10.6. The molecular formula is C36H42N2O5. The molecule has 7 heteroatoms. The van der Waals surface area contributed by atoms with E-state index in [-0.39, 0.29) is 40.9 Å². The summed E-state index contributed by atoms with van der Waals surface area (Å²) in [7, 11) is 0. The van der Waals surface area contributed by atoms with E-state index in [1.807, 2.05) is 36.1 Å². The summed E-state index contributed by atoms with van der Waals surface area (Å²) in [6.07, 6.45) is 5.77. The summed E-state index contributed by atoms with van der Waals surface area (Å²) < 4.78 is 12.6. The molecular weight excluding hydrogens is 540 g/mol. The smallest absolute Gasteiger partial charge is 0.308 e. The zero-order valence-corrected chi connectivity index (χ0v) is 25.7. The van der Waals surface area contributed by atoms with Gasteiger partial charge in [0.15, 0.2) is 11.5 Å². The third kappa shape index (κ3) is 4.79. The van der Waals surface area contributed by atoms with Crippen molar-refractivity contribution in [1.29, 1.82) is 0 Å². The molecule has 3 fully saturated rings. The lowest BCUT2D eigenvalue weighted by molar-refractivity contribution is -0.137. The molecule has 2 heterocycles. The second-order valence-electron chi connectivity index (χ2n) is 13.9. The Morgan fingerprint density at radius 2 is 2.02 bits per heavy atom. The Labute approximate surface area is 254 Å². The lowest BCUT2D eigenvalue weighted by Crippen LogP contribution is -2.69. The highest BCUT2D eigenvalue weighted by molar-refractivity contribution is 5.94. The zero-order valence-electron chi connectivity index (χ0n) is 25.7. The third-order valence-electron chi connectivity index (χ3n) is 10.5. The second-order valence-corrected chi connectivity index (χ2v) is 13.9. The molecule has 1 saturated heterocycles. The number of phenolic OH excluding ortho intramolecular Hbond substituents is 1. The van der Waals surface area contributed by atoms with Gasteiger partial charge >= 0.3 is 5.97 Å². The average Bonchev–Trinajstić information content (AvgIpc) is 3.71. The Balaban J connectivity index is 1.31. The van der Waals surface area contributed by atoms with Crippen molar-refractivity contribution in [1.82, 2.24) is 9.80 Å². The largest absolute Gasteiger partial charge is 0.508 e. The van der Waals surface area contributed by atoms with Gasteiger partial charge in [-0.3, -0.25) is 14.5 Å². The Hall–Kier alpha value is -3.50. The number of benzene rings is 2. The predicted molar refractivity (Wildman–Crippen MR) is 163 cm³/mol. The van der Waals surface area contributed by atoms with E-state index in [4.69, 9.17) is 9.47 Å². The summed E-state index contributed by atoms with van der Waals surface area (Å²) in [6.45, 7) is 10.3. The van der Waals surface area contributed by atoms with E-state index in [2.05, 4.69) is 30.6 Å². The highest BCUT2D eigenvalue weighted by Gasteiger charge is 2.67. The number of ether oxygens (including phenoxy) is 2. The molecule has 2 aromatic rings. The standard InChI is InChI=1S/C36H42N2O5/c1-21(2)19-38(32(41)13-10-24-7-5-6-22(3)16-24)28-12-11-27-29-17-26-30(40)18-31(42-23(4)39)34-33(26)36(27,35(28)43-34)14-15-37(29)20-25-8-9-25/h5-7,16,18,21,25,27-29,35,40H,8-9,11-12,14-15,17,19-20H2,1-4H3/t27-,28+,29+,35-,36-/m0/s1. The van der Waals surface area contributed by atoms with E-state index < -0.39 is 5.97 Å². The predicted octanol–water partition coefficient (Wildman–Crippen LogP) is 4.98. The molecule has 5 aliphatic rings. The quantitative estimate of drug-likeness (QED) is 0.294. The number of hydrogen-bond acceptors (Lipinski definition) is 6. The van der Waals surface area contributed by atoms with Crippen LogP contribution in [-0.2, 0) is 21.4 Å². The van der Waals surface area contributed by atoms with Gasteiger partial charge in [0.2, 0.25) is 0 Å². The molecule has 1 N–H and O–H groups in total. The molecule has 0 unspecified atom stereocenters. The average molecular weight is 583 g/mol. The molecule has 3 aliphatic carbocycles. The molecule has 1 spiro atoms. The van der Waals surface area contributed by atoms with Crippen LogP contribution in [0, 0.1) is 36.5 Å². The van der Waals surface area contributed by atoms with Crippen molar-refractivity contribution in [2.45, 2.75) is 89.8 Å². The van der Waals surface area contributed by atoms with E-state index in [1.54, 1.807) is 6.07 Å². The van der Waals surface area contributed by atoms with E-state index in [9.17, 15) is 14.7 Å². The number of hydrogen-bond donors (Lipinski definition) is 1. The van der Waals surface area contributed by atoms with Crippen LogP contribution < -0.4 is 9.47 Å². The normalized spacial score (nSPS) is 28.4. The highest BCUT2D eigenvalue weighted by atomic mass is 16.6. The molecule has 0 aromatic heterocycles. The van der Waals surface area contributed by atoms with Gasteiger partial charge in [-0.1, -0.05) is 31.9 Å². The molecule has 226 valence electrons. The molecule has 7 rings (SSSR count). The first-order valence-corrected chi connectivity index (χ1v) is 16.0. The van der Waals surface area contributed by atoms with Crippen LogP contribution in [0.5, 0.6) is 17.2 Å². The molecule has 1 amide bonds. The minimum Gasteiger partial charge on any atom is -0.508 e. The molecule has 43 heavy (non-hydrogen) atoms. The summed E-state index contributed by atoms with van der Waals surface area (Å²) in [4.78, 5) is 30.7. The topological polar surface area (TPSA) is 79.3 Å². The molecule has 2 aliphatic heterocycles. The van der Waals surface area contributed by atoms with Crippen molar-refractivity contribution in [3.63, 3.8) is 0 Å². The lowest BCUT2D eigenvalue weighted by atomic mass is 9.50. The fourth-order valence-electron chi connectivity index (χ4n) is 8.74. The Bertz CT molecular complexity index is 1530. The Morgan fingerprint density at radius 1 is 1.21 bits per heavy atom. The Morgan fingerprint density at radius 3 is 2.74 bits per heavy atom. The maximum atomic E-state index is 14.0. The number of rotatable bonds is 6. The SMILES string of the molecule is CC(=O)Oc1cc(O)c2c3c1O[C@H]1[C@H](N(CC(C)C)C(=O)C#Cc4cccc(C)c4)CC[C@H]4[C@@H](C2)N(CC2CC2)CC[C@@]341. The Kier molecular flexibility index (Phi) is 6.97. The van der Waals surface area contributed by atoms with Gasteiger partial charge < -0.3 is 19.5 Å². The van der Waals surface area contributed by atoms with Crippen molar-refractivity contribution < 1.29 is 24.2 Å². The summed E-state index contributed by atoms with van der Waals surface area (Å²) in [5, 5.41) is 11.3. The first-order chi connectivity index (χ1) is 20.7. The van der Waals surface area contributed by atoms with Crippen LogP contribution >= 0.6 is 0 Å². The number of piperidine rings is 1. The van der Waals surface area contributed by atoms with E-state index in [0.29, 0.717) is 24.3 Å². The zero-order chi connectivity index (χ0) is 30.0. The minimum atomic E-state index is -0.448. The number of carbonyl (C=O) groups excluding carboxylic acids is 2. The van der Waals surface area contributed by atoms with Gasteiger partial charge in [0, 0.05) is 60.1 Å². The summed E-state index contributed by atoms with van der Waals surface area (Å²) in [5.74, 6) is 7.87. The van der Waals surface area contributed by atoms with E-state index >= 15 is 0 Å². The summed E-state index contributed by atoms with van der Waals surface area (Å²) in [6, 6.07) is 9.61. The fourth-order valence-corrected chi connectivity index (χ4v) is 8.74. The number of amides is 1. The number of aromatic hydroxyl groups is 1. The van der Waals surface area contributed by atoms with Crippen molar-refractivity contribution in [3.05, 3.63) is 52.6 Å². The van der Waals surface area contributed by atoms with Crippen LogP contribution in [0.3, 0.4) is 0 Å². The maximum absolute atomic E-state index is 14.0. The fraction of sp³-hybridized carbons (Fsp3) is 0.556. The van der Waals surface area contributed by atoms with Crippen LogP contribution in [0.1, 0.15) is 75.1 Å². The van der Waals surface area contributed by atoms with Gasteiger partial charge in [-0.25, -0.2) is 0 Å². The van der Waals surface area contributed by atoms with Crippen LogP contribution in [-0.4, -0.2) is 64.6 Å². The van der Waals surface area contributed by atoms with Gasteiger partial charge in [0.1, 0.15) is 11.9 Å². The van der Waals surface area contributed by atoms with Crippen molar-refractivity contribution in [2.75, 3.05) is 19.6 Å². The van der Waals surface area contributed by atoms with Crippen LogP contribution in [0.2, 0.25) is 0 Å². The first-order valence-electron chi connectivity index (χ1n) is 16.0. The van der Waals surface area contributed by atoms with Crippen LogP contribution in [0.25, 0.3) is 0 Å². The van der Waals surface area contributed by atoms with Crippen LogP contribution in [0.4, 0.5) is 0 Å². The molecule has 2 saturated carbocycles. The van der Waals surface area contributed by atoms with Gasteiger partial charge in [0.05, 0.1) is 6.04 Å². The number of carbonyl (C=O) groups is 2. The van der Waals surface area contributed by atoms with Crippen molar-refractivity contribution >= 4 is 11.9 Å². The summed E-state index contributed by atoms with van der Waals surface area (Å²) >= 11 is 0. The van der Waals surface area contributed by atoms with Gasteiger partial charge in [0.25, 0.3) is 5.91 Å². The number of esters is 1. The van der Waals surface area contributed by atoms with Gasteiger partial charge in [-0.05, 0) is 87.4 Å². The van der Waals surface area contributed by atoms with Gasteiger partial charge in [-0.2, -0.15) is 0 Å². The summed E-state index contributed by atoms with van der Waals surface area (Å²) in [5.41, 5.74) is 3.53. The third-order valence-corrected chi connectivity index (χ3v) is 10.5. The number of likely N-dealkylation sites (tertiary alicyclic amines) is 1. The molecule has 0 radical (unpaired) electrons. The molecule has 5 atom stereocenters. The number of nitrogens with zero attached hydrogens (tertiary/aromatic N) is 2. The van der Waals surface area contributed by atoms with Crippen molar-refractivity contribution in [3.8, 4) is 29.1 Å². The number of aryl methyl sites for hydroxylation is 1. The highest BCUT2D eigenvalue weighted by Crippen LogP contribution is 2.66. The van der Waals surface area contributed by atoms with Crippen molar-refractivity contribution in [2.24, 2.45) is 17.8 Å². The minimum absolute atomic E-state index is 0.177. The lowest BCUT2D eigenvalue weighted by Gasteiger charge is -2.60. The maximum Gasteiger partial charge on any atom is 0.308 e. The first kappa shape index (κ1) is 28.3. The van der Waals surface area contributed by atoms with E-state index in [0.717, 1.165) is 66.9 Å². The monoisotopic (exact) mass is 582 g/mol. The number of phenols is 1. The molecule has 2 bridgehead atoms.